The fourth-order valence-corrected chi connectivity index (χ4v) is 2.99. The van der Waals surface area contributed by atoms with E-state index >= 15 is 0 Å². The Morgan fingerprint density at radius 1 is 1.07 bits per heavy atom. The molecular weight excluding hydrogens is 384 g/mol. The number of benzene rings is 1. The molecular formula is C18H20N4O7. The molecule has 0 bridgehead atoms. The molecule has 0 aliphatic rings. The van der Waals surface area contributed by atoms with Crippen molar-refractivity contribution in [2.24, 2.45) is 0 Å². The van der Waals surface area contributed by atoms with Gasteiger partial charge < -0.3 is 25.5 Å². The Morgan fingerprint density at radius 2 is 1.72 bits per heavy atom. The van der Waals surface area contributed by atoms with Gasteiger partial charge in [-0.3, -0.25) is 14.0 Å². The molecule has 5 N–H and O–H groups in total. The molecule has 3 aromatic rings. The van der Waals surface area contributed by atoms with Crippen molar-refractivity contribution in [3.05, 3.63) is 52.6 Å². The molecule has 3 rings (SSSR count). The van der Waals surface area contributed by atoms with Crippen LogP contribution in [0.1, 0.15) is 23.6 Å². The van der Waals surface area contributed by atoms with E-state index in [4.69, 9.17) is 5.11 Å². The number of aliphatic hydroxyl groups excluding tert-OH is 5. The van der Waals surface area contributed by atoms with E-state index in [0.29, 0.717) is 5.56 Å². The van der Waals surface area contributed by atoms with Crippen LogP contribution < -0.4 is 5.56 Å². The van der Waals surface area contributed by atoms with Gasteiger partial charge in [0.1, 0.15) is 24.4 Å². The van der Waals surface area contributed by atoms with Crippen molar-refractivity contribution in [1.29, 1.82) is 0 Å². The largest absolute Gasteiger partial charge is 0.394 e. The highest BCUT2D eigenvalue weighted by molar-refractivity contribution is 5.80. The van der Waals surface area contributed by atoms with Gasteiger partial charge in [0.15, 0.2) is 5.82 Å². The monoisotopic (exact) mass is 404 g/mol. The second-order valence-electron chi connectivity index (χ2n) is 6.46. The fourth-order valence-electron chi connectivity index (χ4n) is 2.99. The van der Waals surface area contributed by atoms with Gasteiger partial charge >= 0.3 is 0 Å². The number of hydrogen-bond donors (Lipinski definition) is 5. The van der Waals surface area contributed by atoms with E-state index in [2.05, 4.69) is 10.2 Å². The molecule has 2 heterocycles. The first-order chi connectivity index (χ1) is 13.8. The van der Waals surface area contributed by atoms with Gasteiger partial charge in [0, 0.05) is 13.0 Å². The van der Waals surface area contributed by atoms with Gasteiger partial charge in [-0.05, 0) is 5.56 Å². The number of aliphatic hydroxyl groups is 5. The number of carbonyl (C=O) groups is 1. The summed E-state index contributed by atoms with van der Waals surface area (Å²) in [6, 6.07) is 9.72. The van der Waals surface area contributed by atoms with Crippen molar-refractivity contribution in [3.8, 4) is 11.3 Å². The van der Waals surface area contributed by atoms with Crippen LogP contribution >= 0.6 is 0 Å². The molecule has 11 heteroatoms. The van der Waals surface area contributed by atoms with Crippen molar-refractivity contribution in [1.82, 2.24) is 19.2 Å². The van der Waals surface area contributed by atoms with Gasteiger partial charge in [-0.15, -0.1) is 10.2 Å². The summed E-state index contributed by atoms with van der Waals surface area (Å²) in [5, 5.41) is 56.8. The van der Waals surface area contributed by atoms with Gasteiger partial charge in [-0.25, -0.2) is 4.57 Å². The minimum absolute atomic E-state index is 0.192. The fraction of sp³-hybridized carbons (Fsp3) is 0.333. The SMILES string of the molecule is CC(=O)n1c(=O)cc(-c2ccccc2)n2c([C@@H](O)[C@@H](O)[C@H](O)[C@H](O)CO)nnc12. The lowest BCUT2D eigenvalue weighted by Crippen LogP contribution is -2.43. The molecule has 0 saturated heterocycles. The zero-order valence-corrected chi connectivity index (χ0v) is 15.3. The molecule has 0 spiro atoms. The molecule has 0 aliphatic carbocycles. The van der Waals surface area contributed by atoms with Crippen LogP contribution in [0.5, 0.6) is 0 Å². The zero-order chi connectivity index (χ0) is 21.3. The maximum absolute atomic E-state index is 12.5. The number of aromatic nitrogens is 4. The second kappa shape index (κ2) is 8.19. The van der Waals surface area contributed by atoms with E-state index in [1.807, 2.05) is 0 Å². The molecule has 11 nitrogen and oxygen atoms in total. The highest BCUT2D eigenvalue weighted by Gasteiger charge is 2.34. The molecule has 0 fully saturated rings. The van der Waals surface area contributed by atoms with E-state index in [9.17, 15) is 30.0 Å². The number of carbonyl (C=O) groups excluding carboxylic acids is 1. The van der Waals surface area contributed by atoms with Gasteiger partial charge in [-0.2, -0.15) is 0 Å². The standard InChI is InChI=1S/C18H20N4O7/c1-9(24)21-13(26)7-11(10-5-3-2-4-6-10)22-17(19-20-18(21)22)16(29)15(28)14(27)12(25)8-23/h2-7,12,14-16,23,25,27-29H,8H2,1H3/t12-,14-,15+,16+/m1/s1. The zero-order valence-electron chi connectivity index (χ0n) is 15.3. The minimum atomic E-state index is -1.94. The summed E-state index contributed by atoms with van der Waals surface area (Å²) in [6.07, 6.45) is -7.39. The Bertz CT molecular complexity index is 1080. The lowest BCUT2D eigenvalue weighted by molar-refractivity contribution is -0.118. The Balaban J connectivity index is 2.25. The Kier molecular flexibility index (Phi) is 5.86. The average molecular weight is 404 g/mol. The molecule has 0 radical (unpaired) electrons. The maximum atomic E-state index is 12.5. The van der Waals surface area contributed by atoms with E-state index in [1.165, 1.54) is 4.40 Å². The van der Waals surface area contributed by atoms with Gasteiger partial charge in [0.25, 0.3) is 5.56 Å². The van der Waals surface area contributed by atoms with Crippen LogP contribution in [0.25, 0.3) is 17.0 Å². The Morgan fingerprint density at radius 3 is 2.31 bits per heavy atom. The molecule has 4 atom stereocenters. The van der Waals surface area contributed by atoms with Crippen molar-refractivity contribution in [3.63, 3.8) is 0 Å². The first-order valence-electron chi connectivity index (χ1n) is 8.68. The molecule has 1 aromatic carbocycles. The maximum Gasteiger partial charge on any atom is 0.262 e. The predicted molar refractivity (Wildman–Crippen MR) is 99.0 cm³/mol. The van der Waals surface area contributed by atoms with Crippen LogP contribution in [0.2, 0.25) is 0 Å². The smallest absolute Gasteiger partial charge is 0.262 e. The third-order valence-electron chi connectivity index (χ3n) is 4.50. The van der Waals surface area contributed by atoms with Crippen LogP contribution in [-0.2, 0) is 0 Å². The second-order valence-corrected chi connectivity index (χ2v) is 6.46. The molecule has 0 amide bonds. The van der Waals surface area contributed by atoms with E-state index < -0.39 is 42.5 Å². The van der Waals surface area contributed by atoms with Crippen molar-refractivity contribution in [2.45, 2.75) is 31.3 Å². The quantitative estimate of drug-likeness (QED) is 0.322. The molecule has 29 heavy (non-hydrogen) atoms. The van der Waals surface area contributed by atoms with E-state index in [0.717, 1.165) is 17.6 Å². The summed E-state index contributed by atoms with van der Waals surface area (Å²) < 4.78 is 1.96. The van der Waals surface area contributed by atoms with Crippen molar-refractivity contribution < 1.29 is 30.3 Å². The van der Waals surface area contributed by atoms with Crippen molar-refractivity contribution in [2.75, 3.05) is 6.61 Å². The van der Waals surface area contributed by atoms with E-state index in [-0.39, 0.29) is 17.3 Å². The molecule has 0 aliphatic heterocycles. The molecule has 154 valence electrons. The average Bonchev–Trinajstić information content (AvgIpc) is 3.15. The van der Waals surface area contributed by atoms with Gasteiger partial charge in [-0.1, -0.05) is 30.3 Å². The number of rotatable bonds is 6. The lowest BCUT2D eigenvalue weighted by atomic mass is 10.0. The number of nitrogens with zero attached hydrogens (tertiary/aromatic N) is 4. The normalized spacial score (nSPS) is 15.8. The topological polar surface area (TPSA) is 170 Å². The first kappa shape index (κ1) is 20.8. The summed E-state index contributed by atoms with van der Waals surface area (Å²) in [4.78, 5) is 24.4. The lowest BCUT2D eigenvalue weighted by Gasteiger charge is -2.25. The van der Waals surface area contributed by atoms with Crippen LogP contribution in [0.15, 0.2) is 41.2 Å². The third-order valence-corrected chi connectivity index (χ3v) is 4.50. The van der Waals surface area contributed by atoms with Crippen LogP contribution in [0, 0.1) is 0 Å². The highest BCUT2D eigenvalue weighted by atomic mass is 16.4. The summed E-state index contributed by atoms with van der Waals surface area (Å²) in [5.74, 6) is -1.10. The summed E-state index contributed by atoms with van der Waals surface area (Å²) >= 11 is 0. The molecule has 0 unspecified atom stereocenters. The first-order valence-corrected chi connectivity index (χ1v) is 8.68. The number of hydrogen-bond acceptors (Lipinski definition) is 9. The Hall–Kier alpha value is -2.96. The highest BCUT2D eigenvalue weighted by Crippen LogP contribution is 2.25. The third kappa shape index (κ3) is 3.69. The predicted octanol–water partition coefficient (Wildman–Crippen LogP) is -1.67. The van der Waals surface area contributed by atoms with Crippen LogP contribution in [0.3, 0.4) is 0 Å². The van der Waals surface area contributed by atoms with E-state index in [1.54, 1.807) is 30.3 Å². The summed E-state index contributed by atoms with van der Waals surface area (Å²) in [6.45, 7) is 0.315. The Labute approximate surface area is 163 Å². The molecule has 0 saturated carbocycles. The van der Waals surface area contributed by atoms with Crippen molar-refractivity contribution >= 4 is 11.7 Å². The number of fused-ring (bicyclic) bond motifs is 1. The van der Waals surface area contributed by atoms with Crippen LogP contribution in [0.4, 0.5) is 0 Å². The summed E-state index contributed by atoms with van der Waals surface area (Å²) in [5.41, 5.74) is 0.129. The summed E-state index contributed by atoms with van der Waals surface area (Å²) in [7, 11) is 0. The molecule has 2 aromatic heterocycles. The van der Waals surface area contributed by atoms with Gasteiger partial charge in [0.2, 0.25) is 11.7 Å². The van der Waals surface area contributed by atoms with Gasteiger partial charge in [0.05, 0.1) is 12.3 Å². The van der Waals surface area contributed by atoms with Crippen LogP contribution in [-0.4, -0.2) is 75.5 Å². The minimum Gasteiger partial charge on any atom is -0.394 e.